The minimum Gasteiger partial charge on any atom is -0.493 e. The Morgan fingerprint density at radius 1 is 1.32 bits per heavy atom. The number of methoxy groups -OCH3 is 2. The minimum atomic E-state index is -0.0632. The number of ether oxygens (including phenoxy) is 2. The standard InChI is InChI=1S/C15H22N4O3/c1-21-12-6-3-10(7-13(12)22-2)8-17-15(16)18-9-14(20)19-11-4-5-11/h3,6-7,11H,4-5,8-9H2,1-2H3,(H,19,20)(H3,16,17,18). The number of rotatable bonds is 7. The van der Waals surface area contributed by atoms with Crippen LogP contribution in [-0.2, 0) is 11.3 Å². The number of carbonyl (C=O) groups excluding carboxylic acids is 1. The fraction of sp³-hybridized carbons (Fsp3) is 0.467. The summed E-state index contributed by atoms with van der Waals surface area (Å²) >= 11 is 0. The molecule has 1 fully saturated rings. The molecule has 0 saturated heterocycles. The van der Waals surface area contributed by atoms with Crippen molar-refractivity contribution in [2.75, 3.05) is 20.8 Å². The first-order valence-electron chi connectivity index (χ1n) is 7.16. The maximum atomic E-state index is 11.5. The van der Waals surface area contributed by atoms with E-state index in [1.165, 1.54) is 0 Å². The van der Waals surface area contributed by atoms with Gasteiger partial charge < -0.3 is 25.8 Å². The normalized spacial score (nSPS) is 14.4. The summed E-state index contributed by atoms with van der Waals surface area (Å²) in [4.78, 5) is 15.7. The highest BCUT2D eigenvalue weighted by molar-refractivity contribution is 5.85. The minimum absolute atomic E-state index is 0.0632. The molecule has 1 aromatic rings. The van der Waals surface area contributed by atoms with Gasteiger partial charge in [0.2, 0.25) is 5.91 Å². The Bertz CT molecular complexity index is 556. The van der Waals surface area contributed by atoms with Gasteiger partial charge >= 0.3 is 0 Å². The number of carbonyl (C=O) groups is 1. The van der Waals surface area contributed by atoms with E-state index in [2.05, 4.69) is 15.6 Å². The highest BCUT2D eigenvalue weighted by Crippen LogP contribution is 2.27. The van der Waals surface area contributed by atoms with E-state index in [-0.39, 0.29) is 18.4 Å². The lowest BCUT2D eigenvalue weighted by molar-refractivity contribution is -0.120. The van der Waals surface area contributed by atoms with Gasteiger partial charge in [0, 0.05) is 6.04 Å². The molecular weight excluding hydrogens is 284 g/mol. The number of nitrogens with zero attached hydrogens (tertiary/aromatic N) is 1. The van der Waals surface area contributed by atoms with Crippen molar-refractivity contribution in [1.82, 2.24) is 10.6 Å². The number of aliphatic imine (C=N–C) groups is 1. The molecule has 7 nitrogen and oxygen atoms in total. The molecule has 0 heterocycles. The van der Waals surface area contributed by atoms with Crippen LogP contribution in [-0.4, -0.2) is 38.7 Å². The molecule has 0 atom stereocenters. The molecule has 1 aromatic carbocycles. The molecule has 0 unspecified atom stereocenters. The van der Waals surface area contributed by atoms with Gasteiger partial charge in [-0.25, -0.2) is 4.99 Å². The molecule has 7 heteroatoms. The zero-order valence-electron chi connectivity index (χ0n) is 12.9. The second kappa shape index (κ2) is 7.53. The first-order valence-corrected chi connectivity index (χ1v) is 7.16. The molecule has 22 heavy (non-hydrogen) atoms. The lowest BCUT2D eigenvalue weighted by Crippen LogP contribution is -2.41. The van der Waals surface area contributed by atoms with Gasteiger partial charge in [0.15, 0.2) is 17.5 Å². The lowest BCUT2D eigenvalue weighted by Gasteiger charge is -2.09. The first-order chi connectivity index (χ1) is 10.6. The SMILES string of the molecule is COc1ccc(CN=C(N)NCC(=O)NC2CC2)cc1OC. The van der Waals surface area contributed by atoms with Crippen molar-refractivity contribution in [3.8, 4) is 11.5 Å². The summed E-state index contributed by atoms with van der Waals surface area (Å²) in [5.41, 5.74) is 6.68. The van der Waals surface area contributed by atoms with Crippen LogP contribution in [0.25, 0.3) is 0 Å². The van der Waals surface area contributed by atoms with E-state index in [1.54, 1.807) is 14.2 Å². The maximum absolute atomic E-state index is 11.5. The summed E-state index contributed by atoms with van der Waals surface area (Å²) < 4.78 is 10.4. The Kier molecular flexibility index (Phi) is 5.46. The Morgan fingerprint density at radius 3 is 2.68 bits per heavy atom. The number of guanidine groups is 1. The predicted octanol–water partition coefficient (Wildman–Crippen LogP) is 0.387. The van der Waals surface area contributed by atoms with Gasteiger partial charge in [0.1, 0.15) is 0 Å². The van der Waals surface area contributed by atoms with E-state index < -0.39 is 0 Å². The molecule has 1 saturated carbocycles. The summed E-state index contributed by atoms with van der Waals surface area (Å²) in [5, 5.41) is 5.67. The average Bonchev–Trinajstić information content (AvgIpc) is 3.34. The van der Waals surface area contributed by atoms with Crippen molar-refractivity contribution in [1.29, 1.82) is 0 Å². The van der Waals surface area contributed by atoms with Crippen molar-refractivity contribution in [3.05, 3.63) is 23.8 Å². The van der Waals surface area contributed by atoms with Crippen molar-refractivity contribution in [2.45, 2.75) is 25.4 Å². The van der Waals surface area contributed by atoms with E-state index >= 15 is 0 Å². The third-order valence-electron chi connectivity index (χ3n) is 3.25. The van der Waals surface area contributed by atoms with Crippen LogP contribution in [0.5, 0.6) is 11.5 Å². The smallest absolute Gasteiger partial charge is 0.239 e. The monoisotopic (exact) mass is 306 g/mol. The van der Waals surface area contributed by atoms with E-state index in [0.717, 1.165) is 18.4 Å². The quantitative estimate of drug-likeness (QED) is 0.500. The van der Waals surface area contributed by atoms with Crippen LogP contribution in [0.2, 0.25) is 0 Å². The first kappa shape index (κ1) is 15.9. The topological polar surface area (TPSA) is 98.0 Å². The van der Waals surface area contributed by atoms with Crippen LogP contribution < -0.4 is 25.8 Å². The zero-order chi connectivity index (χ0) is 15.9. The Balaban J connectivity index is 1.82. The maximum Gasteiger partial charge on any atom is 0.239 e. The van der Waals surface area contributed by atoms with Gasteiger partial charge in [-0.3, -0.25) is 4.79 Å². The van der Waals surface area contributed by atoms with Crippen LogP contribution in [0.4, 0.5) is 0 Å². The van der Waals surface area contributed by atoms with Crippen LogP contribution >= 0.6 is 0 Å². The van der Waals surface area contributed by atoms with Gasteiger partial charge in [0.05, 0.1) is 27.3 Å². The van der Waals surface area contributed by atoms with Crippen molar-refractivity contribution in [2.24, 2.45) is 10.7 Å². The number of benzene rings is 1. The highest BCUT2D eigenvalue weighted by Gasteiger charge is 2.22. The zero-order valence-corrected chi connectivity index (χ0v) is 12.9. The van der Waals surface area contributed by atoms with Crippen molar-refractivity contribution >= 4 is 11.9 Å². The summed E-state index contributed by atoms with van der Waals surface area (Å²) in [5.74, 6) is 1.48. The third-order valence-corrected chi connectivity index (χ3v) is 3.25. The average molecular weight is 306 g/mol. The fourth-order valence-corrected chi connectivity index (χ4v) is 1.89. The van der Waals surface area contributed by atoms with Crippen molar-refractivity contribution < 1.29 is 14.3 Å². The molecule has 4 N–H and O–H groups in total. The van der Waals surface area contributed by atoms with Gasteiger partial charge in [-0.15, -0.1) is 0 Å². The number of hydrogen-bond acceptors (Lipinski definition) is 4. The fourth-order valence-electron chi connectivity index (χ4n) is 1.89. The van der Waals surface area contributed by atoms with Gasteiger partial charge in [0.25, 0.3) is 0 Å². The summed E-state index contributed by atoms with van der Waals surface area (Å²) in [7, 11) is 3.17. The predicted molar refractivity (Wildman–Crippen MR) is 84.0 cm³/mol. The molecule has 1 aliphatic carbocycles. The molecular formula is C15H22N4O3. The molecule has 120 valence electrons. The number of nitrogens with two attached hydrogens (primary N) is 1. The summed E-state index contributed by atoms with van der Waals surface area (Å²) in [6.07, 6.45) is 2.13. The Labute approximate surface area is 129 Å². The number of nitrogens with one attached hydrogen (secondary N) is 2. The van der Waals surface area contributed by atoms with Crippen LogP contribution in [0.3, 0.4) is 0 Å². The van der Waals surface area contributed by atoms with Gasteiger partial charge in [-0.05, 0) is 30.5 Å². The van der Waals surface area contributed by atoms with Crippen LogP contribution in [0, 0.1) is 0 Å². The molecule has 1 aliphatic rings. The van der Waals surface area contributed by atoms with Gasteiger partial charge in [-0.1, -0.05) is 6.07 Å². The van der Waals surface area contributed by atoms with E-state index in [4.69, 9.17) is 15.2 Å². The summed E-state index contributed by atoms with van der Waals surface area (Å²) in [6.45, 7) is 0.529. The molecule has 0 aromatic heterocycles. The Hall–Kier alpha value is -2.44. The van der Waals surface area contributed by atoms with E-state index in [1.807, 2.05) is 18.2 Å². The van der Waals surface area contributed by atoms with Crippen LogP contribution in [0.1, 0.15) is 18.4 Å². The second-order valence-corrected chi connectivity index (χ2v) is 5.09. The number of hydrogen-bond donors (Lipinski definition) is 3. The molecule has 0 spiro atoms. The molecule has 0 aliphatic heterocycles. The van der Waals surface area contributed by atoms with Crippen molar-refractivity contribution in [3.63, 3.8) is 0 Å². The molecule has 2 rings (SSSR count). The van der Waals surface area contributed by atoms with Gasteiger partial charge in [-0.2, -0.15) is 0 Å². The van der Waals surface area contributed by atoms with E-state index in [0.29, 0.717) is 24.1 Å². The summed E-state index contributed by atoms with van der Waals surface area (Å²) in [6, 6.07) is 5.89. The van der Waals surface area contributed by atoms with E-state index in [9.17, 15) is 4.79 Å². The lowest BCUT2D eigenvalue weighted by atomic mass is 10.2. The largest absolute Gasteiger partial charge is 0.493 e. The molecule has 1 amide bonds. The highest BCUT2D eigenvalue weighted by atomic mass is 16.5. The molecule has 0 bridgehead atoms. The second-order valence-electron chi connectivity index (χ2n) is 5.09. The van der Waals surface area contributed by atoms with Crippen LogP contribution in [0.15, 0.2) is 23.2 Å². The molecule has 0 radical (unpaired) electrons. The Morgan fingerprint density at radius 2 is 2.05 bits per heavy atom. The number of amides is 1. The third kappa shape index (κ3) is 4.83.